The van der Waals surface area contributed by atoms with Crippen LogP contribution in [-0.4, -0.2) is 22.7 Å². The van der Waals surface area contributed by atoms with E-state index in [0.717, 1.165) is 22.1 Å². The maximum absolute atomic E-state index is 12.8. The van der Waals surface area contributed by atoms with Gasteiger partial charge < -0.3 is 4.90 Å². The number of benzene rings is 3. The van der Waals surface area contributed by atoms with Gasteiger partial charge >= 0.3 is 0 Å². The summed E-state index contributed by atoms with van der Waals surface area (Å²) in [5.74, 6) is -0.134. The van der Waals surface area contributed by atoms with E-state index in [-0.39, 0.29) is 5.91 Å². The largest absolute Gasteiger partial charge is 0.310 e. The second-order valence-corrected chi connectivity index (χ2v) is 5.88. The Hall–Kier alpha value is -3.40. The highest BCUT2D eigenvalue weighted by atomic mass is 16.2. The molecule has 0 unspecified atom stereocenters. The highest BCUT2D eigenvalue weighted by Gasteiger charge is 2.17. The quantitative estimate of drug-likeness (QED) is 0.562. The van der Waals surface area contributed by atoms with E-state index < -0.39 is 0 Å². The van der Waals surface area contributed by atoms with E-state index in [9.17, 15) is 4.79 Å². The van der Waals surface area contributed by atoms with Gasteiger partial charge in [0.05, 0.1) is 5.69 Å². The van der Waals surface area contributed by atoms with Crippen molar-refractivity contribution in [2.24, 2.45) is 0 Å². The summed E-state index contributed by atoms with van der Waals surface area (Å²) in [4.78, 5) is 14.4. The highest BCUT2D eigenvalue weighted by molar-refractivity contribution is 6.05. The topological polar surface area (TPSA) is 38.1 Å². The summed E-state index contributed by atoms with van der Waals surface area (Å²) in [6.45, 7) is 0. The van der Waals surface area contributed by atoms with Crippen molar-refractivity contribution in [2.75, 3.05) is 11.9 Å². The Morgan fingerprint density at radius 2 is 1.60 bits per heavy atom. The molecular weight excluding hydrogens is 310 g/mol. The van der Waals surface area contributed by atoms with Gasteiger partial charge in [-0.25, -0.2) is 4.68 Å². The zero-order chi connectivity index (χ0) is 17.2. The molecule has 3 aromatic carbocycles. The van der Waals surface area contributed by atoms with Crippen LogP contribution >= 0.6 is 0 Å². The molecule has 0 aliphatic heterocycles. The van der Waals surface area contributed by atoms with Gasteiger partial charge in [-0.1, -0.05) is 48.5 Å². The van der Waals surface area contributed by atoms with Gasteiger partial charge in [-0.05, 0) is 41.1 Å². The van der Waals surface area contributed by atoms with E-state index in [1.165, 1.54) is 0 Å². The molecule has 1 aromatic heterocycles. The summed E-state index contributed by atoms with van der Waals surface area (Å²) in [6.07, 6.45) is 1.80. The molecule has 0 aliphatic rings. The minimum atomic E-state index is -0.134. The summed E-state index contributed by atoms with van der Waals surface area (Å²) in [6, 6.07) is 25.6. The Labute approximate surface area is 145 Å². The maximum Gasteiger partial charge on any atom is 0.278 e. The number of hydrogen-bond donors (Lipinski definition) is 0. The molecule has 1 amide bonds. The Balaban J connectivity index is 1.62. The molecule has 25 heavy (non-hydrogen) atoms. The smallest absolute Gasteiger partial charge is 0.278 e. The molecule has 4 aromatic rings. The zero-order valence-electron chi connectivity index (χ0n) is 13.8. The Kier molecular flexibility index (Phi) is 3.78. The van der Waals surface area contributed by atoms with Gasteiger partial charge in [-0.2, -0.15) is 5.10 Å². The summed E-state index contributed by atoms with van der Waals surface area (Å²) >= 11 is 0. The third kappa shape index (κ3) is 2.90. The van der Waals surface area contributed by atoms with Gasteiger partial charge in [-0.15, -0.1) is 0 Å². The zero-order valence-corrected chi connectivity index (χ0v) is 13.8. The maximum atomic E-state index is 12.8. The molecule has 0 N–H and O–H groups in total. The summed E-state index contributed by atoms with van der Waals surface area (Å²) in [5.41, 5.74) is 2.19. The molecule has 0 fully saturated rings. The number of amides is 1. The number of aromatic nitrogens is 2. The van der Waals surface area contributed by atoms with Crippen molar-refractivity contribution < 1.29 is 4.79 Å². The second-order valence-electron chi connectivity index (χ2n) is 5.88. The first-order valence-electron chi connectivity index (χ1n) is 8.10. The third-order valence-corrected chi connectivity index (χ3v) is 4.25. The van der Waals surface area contributed by atoms with Crippen LogP contribution in [0.2, 0.25) is 0 Å². The number of hydrogen-bond acceptors (Lipinski definition) is 2. The van der Waals surface area contributed by atoms with E-state index in [0.29, 0.717) is 5.69 Å². The van der Waals surface area contributed by atoms with Crippen molar-refractivity contribution in [2.45, 2.75) is 0 Å². The van der Waals surface area contributed by atoms with Gasteiger partial charge in [0.2, 0.25) is 0 Å². The van der Waals surface area contributed by atoms with Crippen molar-refractivity contribution >= 4 is 22.4 Å². The van der Waals surface area contributed by atoms with Crippen molar-refractivity contribution in [3.05, 3.63) is 90.8 Å². The fraction of sp³-hybridized carbons (Fsp3) is 0.0476. The molecule has 122 valence electrons. The molecular formula is C21H17N3O. The molecule has 0 saturated carbocycles. The minimum absolute atomic E-state index is 0.134. The first-order valence-corrected chi connectivity index (χ1v) is 8.10. The van der Waals surface area contributed by atoms with Gasteiger partial charge in [0.15, 0.2) is 5.69 Å². The highest BCUT2D eigenvalue weighted by Crippen LogP contribution is 2.22. The molecule has 4 rings (SSSR count). The number of carbonyl (C=O) groups excluding carboxylic acids is 1. The Bertz CT molecular complexity index is 1040. The fourth-order valence-corrected chi connectivity index (χ4v) is 2.84. The number of para-hydroxylation sites is 1. The van der Waals surface area contributed by atoms with Crippen LogP contribution in [0.1, 0.15) is 10.5 Å². The van der Waals surface area contributed by atoms with Crippen molar-refractivity contribution in [3.63, 3.8) is 0 Å². The van der Waals surface area contributed by atoms with Crippen LogP contribution in [0.5, 0.6) is 0 Å². The molecule has 0 spiro atoms. The van der Waals surface area contributed by atoms with Crippen LogP contribution in [-0.2, 0) is 0 Å². The van der Waals surface area contributed by atoms with E-state index >= 15 is 0 Å². The average molecular weight is 327 g/mol. The number of rotatable bonds is 3. The van der Waals surface area contributed by atoms with Gasteiger partial charge in [-0.3, -0.25) is 4.79 Å². The van der Waals surface area contributed by atoms with E-state index in [2.05, 4.69) is 11.2 Å². The van der Waals surface area contributed by atoms with Crippen LogP contribution < -0.4 is 4.90 Å². The second kappa shape index (κ2) is 6.24. The van der Waals surface area contributed by atoms with Gasteiger partial charge in [0.1, 0.15) is 0 Å². The number of carbonyl (C=O) groups is 1. The molecule has 0 bridgehead atoms. The van der Waals surface area contributed by atoms with Gasteiger partial charge in [0, 0.05) is 18.9 Å². The molecule has 0 radical (unpaired) electrons. The molecule has 0 atom stereocenters. The predicted molar refractivity (Wildman–Crippen MR) is 100 cm³/mol. The normalized spacial score (nSPS) is 10.8. The van der Waals surface area contributed by atoms with Crippen LogP contribution in [0, 0.1) is 0 Å². The fourth-order valence-electron chi connectivity index (χ4n) is 2.84. The summed E-state index contributed by atoms with van der Waals surface area (Å²) < 4.78 is 1.71. The van der Waals surface area contributed by atoms with Crippen molar-refractivity contribution in [1.29, 1.82) is 0 Å². The van der Waals surface area contributed by atoms with E-state index in [1.54, 1.807) is 28.9 Å². The molecule has 0 aliphatic carbocycles. The third-order valence-electron chi connectivity index (χ3n) is 4.25. The SMILES string of the molecule is CN(C(=O)c1ccn(-c2ccccc2)n1)c1ccc2ccccc2c1. The van der Waals surface area contributed by atoms with Gasteiger partial charge in [0.25, 0.3) is 5.91 Å². The molecule has 1 heterocycles. The average Bonchev–Trinajstić information content (AvgIpc) is 3.17. The van der Waals surface area contributed by atoms with Crippen molar-refractivity contribution in [3.8, 4) is 5.69 Å². The van der Waals surface area contributed by atoms with Crippen LogP contribution in [0.4, 0.5) is 5.69 Å². The van der Waals surface area contributed by atoms with Crippen LogP contribution in [0.3, 0.4) is 0 Å². The minimum Gasteiger partial charge on any atom is -0.310 e. The van der Waals surface area contributed by atoms with Crippen LogP contribution in [0.25, 0.3) is 16.5 Å². The number of anilines is 1. The lowest BCUT2D eigenvalue weighted by Crippen LogP contribution is -2.26. The molecule has 0 saturated heterocycles. The number of nitrogens with zero attached hydrogens (tertiary/aromatic N) is 3. The van der Waals surface area contributed by atoms with E-state index in [1.807, 2.05) is 66.7 Å². The lowest BCUT2D eigenvalue weighted by atomic mass is 10.1. The van der Waals surface area contributed by atoms with Crippen LogP contribution in [0.15, 0.2) is 85.1 Å². The van der Waals surface area contributed by atoms with Crippen molar-refractivity contribution in [1.82, 2.24) is 9.78 Å². The summed E-state index contributed by atoms with van der Waals surface area (Å²) in [5, 5.41) is 6.67. The molecule has 4 nitrogen and oxygen atoms in total. The first kappa shape index (κ1) is 15.1. The lowest BCUT2D eigenvalue weighted by Gasteiger charge is -2.16. The predicted octanol–water partition coefficient (Wildman–Crippen LogP) is 4.30. The molecule has 4 heteroatoms. The first-order chi connectivity index (χ1) is 12.2. The Morgan fingerprint density at radius 3 is 2.40 bits per heavy atom. The monoisotopic (exact) mass is 327 g/mol. The number of fused-ring (bicyclic) bond motifs is 1. The lowest BCUT2D eigenvalue weighted by molar-refractivity contribution is 0.0988. The summed E-state index contributed by atoms with van der Waals surface area (Å²) in [7, 11) is 1.77. The Morgan fingerprint density at radius 1 is 0.880 bits per heavy atom. The van der Waals surface area contributed by atoms with E-state index in [4.69, 9.17) is 0 Å². The standard InChI is InChI=1S/C21H17N3O/c1-23(19-12-11-16-7-5-6-8-17(16)15-19)21(25)20-13-14-24(22-20)18-9-3-2-4-10-18/h2-15H,1H3.